The topological polar surface area (TPSA) is 18.5 Å². The molecule has 1 heterocycles. The quantitative estimate of drug-likeness (QED) is 0.626. The molecule has 1 aliphatic rings. The zero-order valence-corrected chi connectivity index (χ0v) is 14.0. The minimum atomic E-state index is -0.290. The third-order valence-corrected chi connectivity index (χ3v) is 4.27. The molecule has 2 nitrogen and oxygen atoms in total. The molecule has 3 aromatic rings. The van der Waals surface area contributed by atoms with E-state index < -0.39 is 0 Å². The molecule has 0 N–H and O–H groups in total. The summed E-state index contributed by atoms with van der Waals surface area (Å²) in [5.41, 5.74) is 1.98. The summed E-state index contributed by atoms with van der Waals surface area (Å²) in [4.78, 5) is 0. The lowest BCUT2D eigenvalue weighted by molar-refractivity contribution is 0.161. The molecule has 0 spiro atoms. The Kier molecular flexibility index (Phi) is 3.53. The van der Waals surface area contributed by atoms with Crippen LogP contribution in [0.2, 0.25) is 0 Å². The first kappa shape index (κ1) is 14.8. The summed E-state index contributed by atoms with van der Waals surface area (Å²) in [5.74, 6) is 1.82. The highest BCUT2D eigenvalue weighted by Gasteiger charge is 2.23. The van der Waals surface area contributed by atoms with Crippen molar-refractivity contribution in [2.45, 2.75) is 26.1 Å². The van der Waals surface area contributed by atoms with Crippen LogP contribution in [0, 0.1) is 0 Å². The van der Waals surface area contributed by atoms with E-state index in [9.17, 15) is 0 Å². The van der Waals surface area contributed by atoms with Gasteiger partial charge in [-0.2, -0.15) is 0 Å². The zero-order chi connectivity index (χ0) is 16.6. The van der Waals surface area contributed by atoms with Crippen LogP contribution in [0.15, 0.2) is 66.7 Å². The second-order valence-corrected chi connectivity index (χ2v) is 6.65. The Bertz CT molecular complexity index is 908. The van der Waals surface area contributed by atoms with Crippen LogP contribution in [0.4, 0.5) is 0 Å². The zero-order valence-electron chi connectivity index (χ0n) is 14.0. The SMILES string of the molecule is CC1(C)C=Cc2ccc3c(OCc4ccccc4)cccc3c2O1. The minimum Gasteiger partial charge on any atom is -0.488 e. The molecule has 0 aromatic heterocycles. The van der Waals surface area contributed by atoms with Crippen molar-refractivity contribution in [1.82, 2.24) is 0 Å². The maximum atomic E-state index is 6.21. The van der Waals surface area contributed by atoms with Gasteiger partial charge in [-0.25, -0.2) is 0 Å². The average Bonchev–Trinajstić information content (AvgIpc) is 2.60. The highest BCUT2D eigenvalue weighted by Crippen LogP contribution is 2.40. The molecule has 0 saturated heterocycles. The Morgan fingerprint density at radius 2 is 1.71 bits per heavy atom. The van der Waals surface area contributed by atoms with E-state index in [-0.39, 0.29) is 5.60 Å². The van der Waals surface area contributed by atoms with E-state index in [2.05, 4.69) is 56.3 Å². The maximum absolute atomic E-state index is 6.21. The molecule has 0 amide bonds. The van der Waals surface area contributed by atoms with Crippen LogP contribution in [-0.4, -0.2) is 5.60 Å². The molecular weight excluding hydrogens is 296 g/mol. The first-order valence-electron chi connectivity index (χ1n) is 8.23. The molecule has 0 aliphatic carbocycles. The number of fused-ring (bicyclic) bond motifs is 3. The van der Waals surface area contributed by atoms with Crippen molar-refractivity contribution in [1.29, 1.82) is 0 Å². The van der Waals surface area contributed by atoms with Gasteiger partial charge in [0.15, 0.2) is 0 Å². The van der Waals surface area contributed by atoms with Gasteiger partial charge in [0.2, 0.25) is 0 Å². The van der Waals surface area contributed by atoms with Gasteiger partial charge >= 0.3 is 0 Å². The van der Waals surface area contributed by atoms with Crippen LogP contribution in [0.5, 0.6) is 11.5 Å². The van der Waals surface area contributed by atoms with Crippen molar-refractivity contribution in [2.75, 3.05) is 0 Å². The van der Waals surface area contributed by atoms with Gasteiger partial charge in [0.25, 0.3) is 0 Å². The third kappa shape index (κ3) is 2.76. The summed E-state index contributed by atoms with van der Waals surface area (Å²) in [6.07, 6.45) is 4.23. The molecule has 120 valence electrons. The maximum Gasteiger partial charge on any atom is 0.135 e. The van der Waals surface area contributed by atoms with Gasteiger partial charge in [-0.15, -0.1) is 0 Å². The molecule has 0 saturated carbocycles. The average molecular weight is 316 g/mol. The van der Waals surface area contributed by atoms with Gasteiger partial charge in [0.1, 0.15) is 23.7 Å². The Morgan fingerprint density at radius 1 is 0.875 bits per heavy atom. The van der Waals surface area contributed by atoms with Gasteiger partial charge in [0, 0.05) is 16.3 Å². The highest BCUT2D eigenvalue weighted by molar-refractivity contribution is 5.96. The van der Waals surface area contributed by atoms with Crippen molar-refractivity contribution < 1.29 is 9.47 Å². The number of benzene rings is 3. The molecule has 24 heavy (non-hydrogen) atoms. The second kappa shape index (κ2) is 5.72. The largest absolute Gasteiger partial charge is 0.488 e. The van der Waals surface area contributed by atoms with Crippen molar-refractivity contribution in [3.63, 3.8) is 0 Å². The predicted molar refractivity (Wildman–Crippen MR) is 98.5 cm³/mol. The molecule has 0 unspecified atom stereocenters. The summed E-state index contributed by atoms with van der Waals surface area (Å²) in [7, 11) is 0. The summed E-state index contributed by atoms with van der Waals surface area (Å²) in [5, 5.41) is 2.17. The van der Waals surface area contributed by atoms with Crippen LogP contribution in [-0.2, 0) is 6.61 Å². The third-order valence-electron chi connectivity index (χ3n) is 4.27. The van der Waals surface area contributed by atoms with Crippen molar-refractivity contribution >= 4 is 16.8 Å². The van der Waals surface area contributed by atoms with Gasteiger partial charge in [-0.3, -0.25) is 0 Å². The lowest BCUT2D eigenvalue weighted by atomic mass is 9.98. The molecule has 0 bridgehead atoms. The van der Waals surface area contributed by atoms with Gasteiger partial charge < -0.3 is 9.47 Å². The van der Waals surface area contributed by atoms with Crippen LogP contribution in [0.3, 0.4) is 0 Å². The molecule has 0 radical (unpaired) electrons. The van der Waals surface area contributed by atoms with Crippen LogP contribution < -0.4 is 9.47 Å². The molecule has 2 heteroatoms. The van der Waals surface area contributed by atoms with E-state index in [1.165, 1.54) is 0 Å². The first-order valence-corrected chi connectivity index (χ1v) is 8.23. The van der Waals surface area contributed by atoms with Gasteiger partial charge in [-0.1, -0.05) is 54.6 Å². The van der Waals surface area contributed by atoms with Crippen LogP contribution in [0.1, 0.15) is 25.0 Å². The number of rotatable bonds is 3. The molecule has 1 aliphatic heterocycles. The smallest absolute Gasteiger partial charge is 0.135 e. The van der Waals surface area contributed by atoms with Crippen LogP contribution >= 0.6 is 0 Å². The second-order valence-electron chi connectivity index (χ2n) is 6.65. The Balaban J connectivity index is 1.72. The van der Waals surface area contributed by atoms with Crippen molar-refractivity contribution in [3.8, 4) is 11.5 Å². The Hall–Kier alpha value is -2.74. The van der Waals surface area contributed by atoms with Crippen molar-refractivity contribution in [3.05, 3.63) is 77.9 Å². The summed E-state index contributed by atoms with van der Waals surface area (Å²) in [6.45, 7) is 4.70. The number of hydrogen-bond donors (Lipinski definition) is 0. The summed E-state index contributed by atoms with van der Waals surface area (Å²) in [6, 6.07) is 20.6. The molecule has 4 rings (SSSR count). The predicted octanol–water partition coefficient (Wildman–Crippen LogP) is 5.60. The molecule has 3 aromatic carbocycles. The molecule has 0 fully saturated rings. The Morgan fingerprint density at radius 3 is 2.54 bits per heavy atom. The highest BCUT2D eigenvalue weighted by atomic mass is 16.5. The molecule has 0 atom stereocenters. The lowest BCUT2D eigenvalue weighted by Gasteiger charge is -2.29. The van der Waals surface area contributed by atoms with E-state index in [0.717, 1.165) is 33.4 Å². The number of hydrogen-bond acceptors (Lipinski definition) is 2. The summed E-state index contributed by atoms with van der Waals surface area (Å²) >= 11 is 0. The van der Waals surface area contributed by atoms with Crippen LogP contribution in [0.25, 0.3) is 16.8 Å². The normalized spacial score (nSPS) is 14.9. The first-order chi connectivity index (χ1) is 11.6. The standard InChI is InChI=1S/C22H20O2/c1-22(2)14-13-17-11-12-18-19(21(17)24-22)9-6-10-20(18)23-15-16-7-4-3-5-8-16/h3-14H,15H2,1-2H3. The van der Waals surface area contributed by atoms with Crippen molar-refractivity contribution in [2.24, 2.45) is 0 Å². The van der Waals surface area contributed by atoms with E-state index in [1.807, 2.05) is 30.3 Å². The van der Waals surface area contributed by atoms with Gasteiger partial charge in [0.05, 0.1) is 0 Å². The monoisotopic (exact) mass is 316 g/mol. The Labute approximate surface area is 142 Å². The lowest BCUT2D eigenvalue weighted by Crippen LogP contribution is -2.27. The minimum absolute atomic E-state index is 0.290. The van der Waals surface area contributed by atoms with E-state index in [1.54, 1.807) is 0 Å². The number of ether oxygens (including phenoxy) is 2. The van der Waals surface area contributed by atoms with E-state index in [0.29, 0.717) is 6.61 Å². The van der Waals surface area contributed by atoms with E-state index in [4.69, 9.17) is 9.47 Å². The van der Waals surface area contributed by atoms with Gasteiger partial charge in [-0.05, 0) is 37.6 Å². The molecular formula is C22H20O2. The summed E-state index contributed by atoms with van der Waals surface area (Å²) < 4.78 is 12.3. The fourth-order valence-corrected chi connectivity index (χ4v) is 3.01. The van der Waals surface area contributed by atoms with E-state index >= 15 is 0 Å². The fourth-order valence-electron chi connectivity index (χ4n) is 3.01. The fraction of sp³-hybridized carbons (Fsp3) is 0.182.